The molecule has 1 N–H and O–H groups in total. The zero-order valence-corrected chi connectivity index (χ0v) is 14.9. The minimum absolute atomic E-state index is 0.184. The lowest BCUT2D eigenvalue weighted by molar-refractivity contribution is 0.0514. The smallest absolute Gasteiger partial charge is 0.355 e. The van der Waals surface area contributed by atoms with Gasteiger partial charge in [-0.2, -0.15) is 0 Å². The fraction of sp³-hybridized carbons (Fsp3) is 0.368. The van der Waals surface area contributed by atoms with Gasteiger partial charge in [0.15, 0.2) is 0 Å². The van der Waals surface area contributed by atoms with Crippen molar-refractivity contribution in [1.29, 1.82) is 0 Å². The largest absolute Gasteiger partial charge is 0.461 e. The average molecular weight is 328 g/mol. The summed E-state index contributed by atoms with van der Waals surface area (Å²) in [5, 5.41) is 2.92. The Kier molecular flexibility index (Phi) is 5.44. The van der Waals surface area contributed by atoms with Crippen LogP contribution in [-0.4, -0.2) is 23.1 Å². The van der Waals surface area contributed by atoms with Crippen molar-refractivity contribution in [2.24, 2.45) is 7.05 Å². The minimum atomic E-state index is -0.404. The van der Waals surface area contributed by atoms with E-state index in [1.54, 1.807) is 25.5 Å². The molecule has 0 radical (unpaired) electrons. The third-order valence-electron chi connectivity index (χ3n) is 4.20. The Morgan fingerprint density at radius 2 is 1.75 bits per heavy atom. The van der Waals surface area contributed by atoms with Crippen molar-refractivity contribution >= 4 is 11.9 Å². The normalized spacial score (nSPS) is 10.5. The highest BCUT2D eigenvalue weighted by molar-refractivity contribution is 6.01. The van der Waals surface area contributed by atoms with Gasteiger partial charge in [0.25, 0.3) is 5.91 Å². The maximum atomic E-state index is 12.6. The van der Waals surface area contributed by atoms with Crippen LogP contribution in [0.5, 0.6) is 0 Å². The summed E-state index contributed by atoms with van der Waals surface area (Å²) in [5.41, 5.74) is 4.57. The van der Waals surface area contributed by atoms with Crippen LogP contribution in [0.2, 0.25) is 0 Å². The van der Waals surface area contributed by atoms with E-state index in [4.69, 9.17) is 4.74 Å². The highest BCUT2D eigenvalue weighted by Gasteiger charge is 2.25. The zero-order chi connectivity index (χ0) is 17.9. The SMILES string of the molecule is CCOC(=O)c1c(C)c(C(=O)NCc2ccc(C)cc2)c(C)n1C. The van der Waals surface area contributed by atoms with Gasteiger partial charge in [-0.15, -0.1) is 0 Å². The van der Waals surface area contributed by atoms with Gasteiger partial charge in [0, 0.05) is 19.3 Å². The predicted molar refractivity (Wildman–Crippen MR) is 93.2 cm³/mol. The molecule has 0 aliphatic rings. The van der Waals surface area contributed by atoms with Gasteiger partial charge in [0.05, 0.1) is 12.2 Å². The number of carbonyl (C=O) groups excluding carboxylic acids is 2. The third kappa shape index (κ3) is 3.50. The molecule has 0 unspecified atom stereocenters. The van der Waals surface area contributed by atoms with E-state index in [9.17, 15) is 9.59 Å². The first-order valence-corrected chi connectivity index (χ1v) is 8.03. The van der Waals surface area contributed by atoms with Crippen LogP contribution < -0.4 is 5.32 Å². The van der Waals surface area contributed by atoms with E-state index >= 15 is 0 Å². The number of aryl methyl sites for hydroxylation is 1. The predicted octanol–water partition coefficient (Wildman–Crippen LogP) is 3.06. The second-order valence-electron chi connectivity index (χ2n) is 5.88. The fourth-order valence-corrected chi connectivity index (χ4v) is 2.78. The van der Waals surface area contributed by atoms with E-state index < -0.39 is 5.97 Å². The maximum absolute atomic E-state index is 12.6. The van der Waals surface area contributed by atoms with Crippen LogP contribution in [0.25, 0.3) is 0 Å². The summed E-state index contributed by atoms with van der Waals surface area (Å²) in [6.45, 7) is 8.14. The molecule has 0 aliphatic heterocycles. The molecular formula is C19H24N2O3. The van der Waals surface area contributed by atoms with Crippen LogP contribution in [0.15, 0.2) is 24.3 Å². The summed E-state index contributed by atoms with van der Waals surface area (Å²) >= 11 is 0. The number of rotatable bonds is 5. The van der Waals surface area contributed by atoms with Crippen molar-refractivity contribution in [2.45, 2.75) is 34.2 Å². The molecule has 0 fully saturated rings. The van der Waals surface area contributed by atoms with Crippen LogP contribution in [0.4, 0.5) is 0 Å². The summed E-state index contributed by atoms with van der Waals surface area (Å²) in [6.07, 6.45) is 0. The molecule has 2 aromatic rings. The van der Waals surface area contributed by atoms with Crippen LogP contribution in [0, 0.1) is 20.8 Å². The van der Waals surface area contributed by atoms with Gasteiger partial charge >= 0.3 is 5.97 Å². The van der Waals surface area contributed by atoms with Gasteiger partial charge in [0.1, 0.15) is 5.69 Å². The Bertz CT molecular complexity index is 758. The Morgan fingerprint density at radius 3 is 2.33 bits per heavy atom. The van der Waals surface area contributed by atoms with Crippen LogP contribution >= 0.6 is 0 Å². The Hall–Kier alpha value is -2.56. The third-order valence-corrected chi connectivity index (χ3v) is 4.20. The van der Waals surface area contributed by atoms with Crippen LogP contribution in [0.1, 0.15) is 50.2 Å². The second-order valence-corrected chi connectivity index (χ2v) is 5.88. The summed E-state index contributed by atoms with van der Waals surface area (Å²) < 4.78 is 6.80. The van der Waals surface area contributed by atoms with Crippen LogP contribution in [0.3, 0.4) is 0 Å². The molecule has 5 heteroatoms. The van der Waals surface area contributed by atoms with E-state index in [2.05, 4.69) is 5.32 Å². The standard InChI is InChI=1S/C19H24N2O3/c1-6-24-19(23)17-13(3)16(14(4)21(17)5)18(22)20-11-15-9-7-12(2)8-10-15/h7-10H,6,11H2,1-5H3,(H,20,22). The van der Waals surface area contributed by atoms with Crippen molar-refractivity contribution < 1.29 is 14.3 Å². The highest BCUT2D eigenvalue weighted by atomic mass is 16.5. The number of aromatic nitrogens is 1. The topological polar surface area (TPSA) is 60.3 Å². The van der Waals surface area contributed by atoms with E-state index in [0.717, 1.165) is 11.3 Å². The molecule has 0 spiro atoms. The molecule has 5 nitrogen and oxygen atoms in total. The zero-order valence-electron chi connectivity index (χ0n) is 14.9. The van der Waals surface area contributed by atoms with Crippen molar-refractivity contribution in [2.75, 3.05) is 6.61 Å². The molecule has 1 heterocycles. The van der Waals surface area contributed by atoms with Gasteiger partial charge < -0.3 is 14.6 Å². The van der Waals surface area contributed by atoms with Crippen molar-refractivity contribution in [1.82, 2.24) is 9.88 Å². The number of amides is 1. The molecule has 24 heavy (non-hydrogen) atoms. The molecule has 0 aliphatic carbocycles. The Balaban J connectivity index is 2.21. The lowest BCUT2D eigenvalue weighted by atomic mass is 10.1. The quantitative estimate of drug-likeness (QED) is 0.858. The van der Waals surface area contributed by atoms with Gasteiger partial charge in [-0.3, -0.25) is 4.79 Å². The molecule has 0 bridgehead atoms. The molecule has 2 rings (SSSR count). The first-order chi connectivity index (χ1) is 11.4. The van der Waals surface area contributed by atoms with E-state index in [1.807, 2.05) is 38.1 Å². The van der Waals surface area contributed by atoms with Crippen molar-refractivity contribution in [3.63, 3.8) is 0 Å². The van der Waals surface area contributed by atoms with E-state index in [1.165, 1.54) is 5.56 Å². The molecule has 1 aromatic heterocycles. The van der Waals surface area contributed by atoms with E-state index in [0.29, 0.717) is 30.0 Å². The van der Waals surface area contributed by atoms with Gasteiger partial charge in [0.2, 0.25) is 0 Å². The van der Waals surface area contributed by atoms with Gasteiger partial charge in [-0.1, -0.05) is 29.8 Å². The molecule has 0 saturated carbocycles. The summed E-state index contributed by atoms with van der Waals surface area (Å²) in [4.78, 5) is 24.7. The number of nitrogens with one attached hydrogen (secondary N) is 1. The lowest BCUT2D eigenvalue weighted by Crippen LogP contribution is -2.24. The molecule has 0 atom stereocenters. The molecule has 128 valence electrons. The fourth-order valence-electron chi connectivity index (χ4n) is 2.78. The average Bonchev–Trinajstić information content (AvgIpc) is 2.76. The maximum Gasteiger partial charge on any atom is 0.355 e. The number of hydrogen-bond acceptors (Lipinski definition) is 3. The van der Waals surface area contributed by atoms with Crippen molar-refractivity contribution in [3.8, 4) is 0 Å². The Labute approximate surface area is 142 Å². The van der Waals surface area contributed by atoms with E-state index in [-0.39, 0.29) is 5.91 Å². The monoisotopic (exact) mass is 328 g/mol. The highest BCUT2D eigenvalue weighted by Crippen LogP contribution is 2.22. The first-order valence-electron chi connectivity index (χ1n) is 8.03. The summed E-state index contributed by atoms with van der Waals surface area (Å²) in [6, 6.07) is 8.01. The van der Waals surface area contributed by atoms with Gasteiger partial charge in [-0.05, 0) is 38.8 Å². The lowest BCUT2D eigenvalue weighted by Gasteiger charge is -2.07. The number of benzene rings is 1. The first kappa shape index (κ1) is 17.8. The molecule has 1 amide bonds. The number of carbonyl (C=O) groups is 2. The number of ether oxygens (including phenoxy) is 1. The minimum Gasteiger partial charge on any atom is -0.461 e. The van der Waals surface area contributed by atoms with Gasteiger partial charge in [-0.25, -0.2) is 4.79 Å². The molecule has 0 saturated heterocycles. The summed E-state index contributed by atoms with van der Waals surface area (Å²) in [7, 11) is 1.77. The molecule has 1 aromatic carbocycles. The number of hydrogen-bond donors (Lipinski definition) is 1. The van der Waals surface area contributed by atoms with Crippen molar-refractivity contribution in [3.05, 3.63) is 57.9 Å². The number of esters is 1. The number of nitrogens with zero attached hydrogens (tertiary/aromatic N) is 1. The summed E-state index contributed by atoms with van der Waals surface area (Å²) in [5.74, 6) is -0.588. The second kappa shape index (κ2) is 7.34. The molecular weight excluding hydrogens is 304 g/mol. The Morgan fingerprint density at radius 1 is 1.12 bits per heavy atom. The van der Waals surface area contributed by atoms with Crippen LogP contribution in [-0.2, 0) is 18.3 Å².